The third-order valence-electron chi connectivity index (χ3n) is 5.49. The molecular formula is C24H21Br2FN2O4S. The zero-order chi connectivity index (χ0) is 24.2. The molecule has 2 aromatic rings. The lowest BCUT2D eigenvalue weighted by molar-refractivity contribution is -0.136. The van der Waals surface area contributed by atoms with Gasteiger partial charge < -0.3 is 9.64 Å². The van der Waals surface area contributed by atoms with Gasteiger partial charge in [0.15, 0.2) is 0 Å². The van der Waals surface area contributed by atoms with Crippen LogP contribution in [0.4, 0.5) is 9.18 Å². The van der Waals surface area contributed by atoms with Crippen LogP contribution in [0.3, 0.4) is 0 Å². The maximum Gasteiger partial charge on any atom is 0.294 e. The van der Waals surface area contributed by atoms with Crippen LogP contribution in [0.15, 0.2) is 50.2 Å². The fourth-order valence-electron chi connectivity index (χ4n) is 3.70. The van der Waals surface area contributed by atoms with Gasteiger partial charge in [-0.1, -0.05) is 12.1 Å². The third kappa shape index (κ3) is 5.90. The summed E-state index contributed by atoms with van der Waals surface area (Å²) in [5.74, 6) is -0.418. The Hall–Kier alpha value is -2.17. The van der Waals surface area contributed by atoms with Gasteiger partial charge in [0.2, 0.25) is 5.91 Å². The second-order valence-corrected chi connectivity index (χ2v) is 10.6. The minimum absolute atomic E-state index is 0.198. The lowest BCUT2D eigenvalue weighted by atomic mass is 10.1. The van der Waals surface area contributed by atoms with Gasteiger partial charge in [-0.2, -0.15) is 0 Å². The van der Waals surface area contributed by atoms with Crippen molar-refractivity contribution < 1.29 is 23.5 Å². The number of likely N-dealkylation sites (tertiary alicyclic amines) is 1. The van der Waals surface area contributed by atoms with Crippen LogP contribution in [0.5, 0.6) is 5.75 Å². The lowest BCUT2D eigenvalue weighted by Gasteiger charge is -2.27. The van der Waals surface area contributed by atoms with Gasteiger partial charge in [-0.3, -0.25) is 19.3 Å². The van der Waals surface area contributed by atoms with E-state index < -0.39 is 11.1 Å². The zero-order valence-electron chi connectivity index (χ0n) is 18.1. The second kappa shape index (κ2) is 11.0. The molecule has 2 heterocycles. The highest BCUT2D eigenvalue weighted by Gasteiger charge is 2.37. The van der Waals surface area contributed by atoms with E-state index in [-0.39, 0.29) is 29.8 Å². The Labute approximate surface area is 217 Å². The SMILES string of the molecule is O=C(CN1C(=O)S/C(=C\c2cc(Br)c(OCc3ccc(F)cc3)c(Br)c2)C1=O)N1CCCCC1. The molecule has 4 rings (SSSR count). The maximum absolute atomic E-state index is 13.1. The normalized spacial score (nSPS) is 17.6. The molecule has 0 N–H and O–H groups in total. The maximum atomic E-state index is 13.1. The number of amides is 3. The van der Waals surface area contributed by atoms with Gasteiger partial charge in [0, 0.05) is 13.1 Å². The van der Waals surface area contributed by atoms with Gasteiger partial charge in [-0.15, -0.1) is 0 Å². The highest BCUT2D eigenvalue weighted by molar-refractivity contribution is 9.11. The quantitative estimate of drug-likeness (QED) is 0.376. The van der Waals surface area contributed by atoms with E-state index in [0.717, 1.165) is 41.5 Å². The molecule has 178 valence electrons. The van der Waals surface area contributed by atoms with E-state index in [2.05, 4.69) is 31.9 Å². The van der Waals surface area contributed by atoms with Gasteiger partial charge in [0.25, 0.3) is 11.1 Å². The summed E-state index contributed by atoms with van der Waals surface area (Å²) in [5, 5.41) is -0.445. The van der Waals surface area contributed by atoms with Crippen LogP contribution in [0.1, 0.15) is 30.4 Å². The van der Waals surface area contributed by atoms with Gasteiger partial charge >= 0.3 is 0 Å². The van der Waals surface area contributed by atoms with Crippen molar-refractivity contribution in [1.82, 2.24) is 9.80 Å². The van der Waals surface area contributed by atoms with Crippen molar-refractivity contribution in [2.75, 3.05) is 19.6 Å². The van der Waals surface area contributed by atoms with Crippen molar-refractivity contribution in [1.29, 1.82) is 0 Å². The molecule has 3 amide bonds. The van der Waals surface area contributed by atoms with Crippen molar-refractivity contribution in [3.05, 3.63) is 67.2 Å². The predicted octanol–water partition coefficient (Wildman–Crippen LogP) is 5.98. The van der Waals surface area contributed by atoms with Crippen molar-refractivity contribution in [2.45, 2.75) is 25.9 Å². The molecule has 0 aliphatic carbocycles. The average Bonchev–Trinajstić information content (AvgIpc) is 3.07. The molecule has 0 spiro atoms. The fraction of sp³-hybridized carbons (Fsp3) is 0.292. The Morgan fingerprint density at radius 2 is 1.71 bits per heavy atom. The summed E-state index contributed by atoms with van der Waals surface area (Å²) in [5.41, 5.74) is 1.50. The first-order chi connectivity index (χ1) is 16.3. The van der Waals surface area contributed by atoms with Gasteiger partial charge in [0.1, 0.15) is 24.7 Å². The zero-order valence-corrected chi connectivity index (χ0v) is 22.0. The summed E-state index contributed by atoms with van der Waals surface area (Å²) in [6.45, 7) is 1.36. The third-order valence-corrected chi connectivity index (χ3v) is 7.58. The molecule has 2 aliphatic heterocycles. The summed E-state index contributed by atoms with van der Waals surface area (Å²) in [6.07, 6.45) is 4.60. The van der Waals surface area contributed by atoms with Gasteiger partial charge in [-0.25, -0.2) is 4.39 Å². The molecule has 0 aromatic heterocycles. The number of carbonyl (C=O) groups excluding carboxylic acids is 3. The van der Waals surface area contributed by atoms with Crippen LogP contribution in [-0.2, 0) is 16.2 Å². The predicted molar refractivity (Wildman–Crippen MR) is 136 cm³/mol. The van der Waals surface area contributed by atoms with Crippen LogP contribution in [0.2, 0.25) is 0 Å². The Balaban J connectivity index is 1.44. The summed E-state index contributed by atoms with van der Waals surface area (Å²) in [6, 6.07) is 9.60. The van der Waals surface area contributed by atoms with E-state index in [9.17, 15) is 18.8 Å². The van der Waals surface area contributed by atoms with Gasteiger partial charge in [0.05, 0.1) is 13.9 Å². The second-order valence-electron chi connectivity index (χ2n) is 7.94. The summed E-state index contributed by atoms with van der Waals surface area (Å²) >= 11 is 7.79. The molecule has 2 aliphatic rings. The summed E-state index contributed by atoms with van der Waals surface area (Å²) < 4.78 is 20.2. The Kier molecular flexibility index (Phi) is 8.10. The number of nitrogens with zero attached hydrogens (tertiary/aromatic N) is 2. The number of rotatable bonds is 6. The molecule has 0 bridgehead atoms. The largest absolute Gasteiger partial charge is 0.487 e. The number of halogens is 3. The molecule has 0 radical (unpaired) electrons. The van der Waals surface area contributed by atoms with E-state index in [1.807, 2.05) is 0 Å². The Morgan fingerprint density at radius 1 is 1.06 bits per heavy atom. The highest BCUT2D eigenvalue weighted by Crippen LogP contribution is 2.38. The molecule has 10 heteroatoms. The van der Waals surface area contributed by atoms with E-state index in [0.29, 0.717) is 33.3 Å². The lowest BCUT2D eigenvalue weighted by Crippen LogP contribution is -2.44. The Morgan fingerprint density at radius 3 is 2.35 bits per heavy atom. The monoisotopic (exact) mass is 610 g/mol. The van der Waals surface area contributed by atoms with Crippen LogP contribution < -0.4 is 4.74 Å². The topological polar surface area (TPSA) is 66.9 Å². The van der Waals surface area contributed by atoms with Crippen molar-refractivity contribution >= 4 is 66.8 Å². The average molecular weight is 612 g/mol. The van der Waals surface area contributed by atoms with E-state index in [4.69, 9.17) is 4.74 Å². The van der Waals surface area contributed by atoms with Crippen LogP contribution in [0.25, 0.3) is 6.08 Å². The molecule has 2 fully saturated rings. The van der Waals surface area contributed by atoms with E-state index >= 15 is 0 Å². The number of piperidine rings is 1. The summed E-state index contributed by atoms with van der Waals surface area (Å²) in [7, 11) is 0. The standard InChI is InChI=1S/C24H21Br2FN2O4S/c25-18-10-16(11-19(26)22(18)33-14-15-4-6-17(27)7-5-15)12-20-23(31)29(24(32)34-20)13-21(30)28-8-2-1-3-9-28/h4-7,10-12H,1-3,8-9,13-14H2/b20-12-. The first-order valence-corrected chi connectivity index (χ1v) is 13.1. The number of carbonyl (C=O) groups is 3. The fourth-order valence-corrected chi connectivity index (χ4v) is 5.99. The first-order valence-electron chi connectivity index (χ1n) is 10.7. The number of benzene rings is 2. The minimum atomic E-state index is -0.468. The molecular weight excluding hydrogens is 591 g/mol. The first kappa shape index (κ1) is 24.9. The molecule has 2 saturated heterocycles. The van der Waals surface area contributed by atoms with Gasteiger partial charge in [-0.05, 0) is 104 Å². The van der Waals surface area contributed by atoms with Crippen molar-refractivity contribution in [3.63, 3.8) is 0 Å². The molecule has 6 nitrogen and oxygen atoms in total. The molecule has 34 heavy (non-hydrogen) atoms. The Bertz CT molecular complexity index is 1130. The highest BCUT2D eigenvalue weighted by atomic mass is 79.9. The number of hydrogen-bond donors (Lipinski definition) is 0. The molecule has 0 saturated carbocycles. The number of imide groups is 1. The van der Waals surface area contributed by atoms with Crippen LogP contribution in [0, 0.1) is 5.82 Å². The molecule has 0 atom stereocenters. The number of thioether (sulfide) groups is 1. The van der Waals surface area contributed by atoms with E-state index in [1.165, 1.54) is 12.1 Å². The smallest absolute Gasteiger partial charge is 0.294 e. The minimum Gasteiger partial charge on any atom is -0.487 e. The van der Waals surface area contributed by atoms with Crippen molar-refractivity contribution in [2.24, 2.45) is 0 Å². The van der Waals surface area contributed by atoms with E-state index in [1.54, 1.807) is 35.2 Å². The van der Waals surface area contributed by atoms with Crippen molar-refractivity contribution in [3.8, 4) is 5.75 Å². The molecule has 0 unspecified atom stereocenters. The number of hydrogen-bond acceptors (Lipinski definition) is 5. The number of ether oxygens (including phenoxy) is 1. The van der Waals surface area contributed by atoms with Crippen LogP contribution in [-0.4, -0.2) is 46.5 Å². The van der Waals surface area contributed by atoms with Crippen LogP contribution >= 0.6 is 43.6 Å². The molecule has 2 aromatic carbocycles. The summed E-state index contributed by atoms with van der Waals surface area (Å²) in [4.78, 5) is 40.8.